The molecule has 2 fully saturated rings. The first-order valence-electron chi connectivity index (χ1n) is 22.3. The lowest BCUT2D eigenvalue weighted by Crippen LogP contribution is -2.54. The van der Waals surface area contributed by atoms with Gasteiger partial charge in [0.15, 0.2) is 0 Å². The lowest BCUT2D eigenvalue weighted by atomic mass is 9.95. The van der Waals surface area contributed by atoms with Gasteiger partial charge in [0.05, 0.1) is 20.3 Å². The number of amides is 5. The van der Waals surface area contributed by atoms with Crippen molar-refractivity contribution in [3.8, 4) is 17.6 Å². The summed E-state index contributed by atoms with van der Waals surface area (Å²) in [6, 6.07) is 11.3. The summed E-state index contributed by atoms with van der Waals surface area (Å²) in [4.78, 5) is 93.6. The zero-order valence-electron chi connectivity index (χ0n) is 38.6. The number of nitrogens with two attached hydrogens (primary N) is 1. The quantitative estimate of drug-likeness (QED) is 0.0636. The molecule has 0 aliphatic heterocycles. The molecule has 360 valence electrons. The van der Waals surface area contributed by atoms with Gasteiger partial charge in [0.25, 0.3) is 11.8 Å². The van der Waals surface area contributed by atoms with E-state index in [1.54, 1.807) is 48.5 Å². The number of rotatable bonds is 19. The van der Waals surface area contributed by atoms with Gasteiger partial charge < -0.3 is 46.4 Å². The van der Waals surface area contributed by atoms with Gasteiger partial charge in [-0.05, 0) is 103 Å². The molecule has 0 spiro atoms. The Morgan fingerprint density at radius 2 is 1.15 bits per heavy atom. The van der Waals surface area contributed by atoms with E-state index in [2.05, 4.69) is 31.2 Å². The number of halogens is 2. The summed E-state index contributed by atoms with van der Waals surface area (Å²) in [5.41, 5.74) is 3.61. The number of nitriles is 1. The number of benzene rings is 2. The van der Waals surface area contributed by atoms with Crippen LogP contribution in [0.5, 0.6) is 11.5 Å². The van der Waals surface area contributed by atoms with Crippen molar-refractivity contribution < 1.29 is 51.8 Å². The predicted octanol–water partition coefficient (Wildman–Crippen LogP) is 5.32. The Hall–Kier alpha value is -6.84. The van der Waals surface area contributed by atoms with Gasteiger partial charge in [0.2, 0.25) is 17.7 Å². The molecule has 0 bridgehead atoms. The van der Waals surface area contributed by atoms with Crippen LogP contribution in [0.3, 0.4) is 0 Å². The van der Waals surface area contributed by atoms with Crippen LogP contribution in [0.1, 0.15) is 113 Å². The van der Waals surface area contributed by atoms with Crippen LogP contribution in [0.2, 0.25) is 0 Å². The maximum absolute atomic E-state index is 14.5. The zero-order valence-corrected chi connectivity index (χ0v) is 38.6. The number of H-pyrrole nitrogens is 2. The maximum atomic E-state index is 14.5. The number of ketones is 2. The van der Waals surface area contributed by atoms with E-state index in [-0.39, 0.29) is 60.5 Å². The zero-order chi connectivity index (χ0) is 49.2. The second-order valence-electron chi connectivity index (χ2n) is 18.3. The summed E-state index contributed by atoms with van der Waals surface area (Å²) in [6.45, 7) is 5.20. The van der Waals surface area contributed by atoms with E-state index < -0.39 is 65.0 Å². The van der Waals surface area contributed by atoms with E-state index in [0.717, 1.165) is 12.8 Å². The number of carbonyl (C=O) groups is 7. The van der Waals surface area contributed by atoms with E-state index in [0.29, 0.717) is 59.0 Å². The van der Waals surface area contributed by atoms with E-state index >= 15 is 0 Å². The molecule has 2 aromatic carbocycles. The molecule has 67 heavy (non-hydrogen) atoms. The van der Waals surface area contributed by atoms with Crippen LogP contribution in [0.25, 0.3) is 21.8 Å². The molecule has 6 rings (SSSR count). The molecule has 19 heteroatoms. The molecule has 0 radical (unpaired) electrons. The first-order valence-corrected chi connectivity index (χ1v) is 22.3. The minimum absolute atomic E-state index is 0.0319. The smallest absolute Gasteiger partial charge is 0.268 e. The molecule has 0 unspecified atom stereocenters. The molecule has 2 aromatic heterocycles. The highest BCUT2D eigenvalue weighted by molar-refractivity contribution is 6.03. The first kappa shape index (κ1) is 51.1. The van der Waals surface area contributed by atoms with Gasteiger partial charge in [0.1, 0.15) is 70.0 Å². The summed E-state index contributed by atoms with van der Waals surface area (Å²) in [7, 11) is 3.04. The fourth-order valence-corrected chi connectivity index (χ4v) is 8.49. The number of hydrogen-bond acceptors (Lipinski definition) is 10. The fraction of sp³-hybridized carbons (Fsp3) is 0.500. The van der Waals surface area contributed by atoms with E-state index in [1.165, 1.54) is 41.9 Å². The second-order valence-corrected chi connectivity index (χ2v) is 18.3. The van der Waals surface area contributed by atoms with E-state index in [1.807, 2.05) is 6.07 Å². The number of ether oxygens (including phenoxy) is 2. The highest BCUT2D eigenvalue weighted by atomic mass is 19.1. The van der Waals surface area contributed by atoms with Gasteiger partial charge in [-0.15, -0.1) is 0 Å². The van der Waals surface area contributed by atoms with Gasteiger partial charge in [-0.25, -0.2) is 8.78 Å². The maximum Gasteiger partial charge on any atom is 0.268 e. The number of nitrogens with zero attached hydrogens (tertiary/aromatic N) is 1. The minimum atomic E-state index is -1.79. The summed E-state index contributed by atoms with van der Waals surface area (Å²) >= 11 is 0. The molecule has 17 nitrogen and oxygen atoms in total. The largest absolute Gasteiger partial charge is 0.496 e. The molecular weight excluding hydrogens is 871 g/mol. The number of nitrogens with one attached hydrogen (secondary N) is 6. The molecule has 2 heterocycles. The van der Waals surface area contributed by atoms with Crippen molar-refractivity contribution in [2.24, 2.45) is 17.6 Å². The number of primary amides is 1. The molecule has 2 saturated carbocycles. The van der Waals surface area contributed by atoms with Crippen molar-refractivity contribution in [3.05, 3.63) is 59.9 Å². The first-order chi connectivity index (χ1) is 31.6. The summed E-state index contributed by atoms with van der Waals surface area (Å²) in [5.74, 6) is -2.76. The highest BCUT2D eigenvalue weighted by Crippen LogP contribution is 2.30. The molecule has 0 saturated heterocycles. The van der Waals surface area contributed by atoms with Gasteiger partial charge >= 0.3 is 0 Å². The number of methoxy groups -OCH3 is 2. The van der Waals surface area contributed by atoms with Crippen LogP contribution >= 0.6 is 0 Å². The normalized spacial score (nSPS) is 17.9. The van der Waals surface area contributed by atoms with Crippen molar-refractivity contribution in [1.82, 2.24) is 31.2 Å². The van der Waals surface area contributed by atoms with Crippen LogP contribution in [-0.2, 0) is 24.0 Å². The Labute approximate surface area is 387 Å². The van der Waals surface area contributed by atoms with Gasteiger partial charge in [-0.3, -0.25) is 33.6 Å². The predicted molar refractivity (Wildman–Crippen MR) is 244 cm³/mol. The number of aromatic amines is 2. The molecule has 8 N–H and O–H groups in total. The number of alkyl halides is 2. The molecular formula is C48H60F2N8O9. The van der Waals surface area contributed by atoms with Crippen LogP contribution in [0, 0.1) is 23.2 Å². The van der Waals surface area contributed by atoms with Crippen molar-refractivity contribution in [3.63, 3.8) is 0 Å². The highest BCUT2D eigenvalue weighted by Gasteiger charge is 2.36. The Morgan fingerprint density at radius 3 is 1.52 bits per heavy atom. The van der Waals surface area contributed by atoms with Crippen molar-refractivity contribution in [2.45, 2.75) is 127 Å². The average Bonchev–Trinajstić information content (AvgIpc) is 4.08. The molecule has 6 atom stereocenters. The molecule has 4 aromatic rings. The SMILES string of the molecule is COc1cccc2[nH]c(C(=O)N[C@@H](CC(C)(C)F)C(=O)N[C@@H](C[C@@H]3CCCC3=O)C(N)=O)cc12.COc1cccc2[nH]c(C(=O)N[C@@H](CC(C)(C)F)C(=O)N[C@H](C#N)C[C@@H]3CCCC3=O)cc12. The molecule has 5 amide bonds. The summed E-state index contributed by atoms with van der Waals surface area (Å²) in [6.07, 6.45) is 3.43. The van der Waals surface area contributed by atoms with Gasteiger partial charge in [0, 0.05) is 59.3 Å². The van der Waals surface area contributed by atoms with Crippen molar-refractivity contribution >= 4 is 62.9 Å². The van der Waals surface area contributed by atoms with E-state index in [4.69, 9.17) is 15.2 Å². The van der Waals surface area contributed by atoms with Crippen molar-refractivity contribution in [2.75, 3.05) is 14.2 Å². The average molecular weight is 931 g/mol. The molecule has 2 aliphatic carbocycles. The second kappa shape index (κ2) is 22.1. The topological polar surface area (TPSA) is 267 Å². The number of Topliss-reactive ketones (excluding diaryl/α,β-unsaturated/α-hetero) is 2. The Kier molecular flexibility index (Phi) is 16.9. The summed E-state index contributed by atoms with van der Waals surface area (Å²) < 4.78 is 39.6. The third-order valence-electron chi connectivity index (χ3n) is 11.8. The Morgan fingerprint density at radius 1 is 0.716 bits per heavy atom. The van der Waals surface area contributed by atoms with Crippen LogP contribution in [-0.4, -0.2) is 101 Å². The van der Waals surface area contributed by atoms with Gasteiger partial charge in [-0.1, -0.05) is 12.1 Å². The Balaban J connectivity index is 0.000000251. The van der Waals surface area contributed by atoms with Gasteiger partial charge in [-0.2, -0.15) is 5.26 Å². The van der Waals surface area contributed by atoms with Crippen LogP contribution in [0.4, 0.5) is 8.78 Å². The van der Waals surface area contributed by atoms with Crippen LogP contribution < -0.4 is 36.5 Å². The summed E-state index contributed by atoms with van der Waals surface area (Å²) in [5, 5.41) is 21.1. The fourth-order valence-electron chi connectivity index (χ4n) is 8.49. The third-order valence-corrected chi connectivity index (χ3v) is 11.8. The lowest BCUT2D eigenvalue weighted by molar-refractivity contribution is -0.130. The number of carbonyl (C=O) groups excluding carboxylic acids is 7. The van der Waals surface area contributed by atoms with Crippen LogP contribution in [0.15, 0.2) is 48.5 Å². The van der Waals surface area contributed by atoms with Crippen molar-refractivity contribution in [1.29, 1.82) is 5.26 Å². The number of hydrogen-bond donors (Lipinski definition) is 7. The minimum Gasteiger partial charge on any atom is -0.496 e. The molecule has 2 aliphatic rings. The Bertz CT molecular complexity index is 2520. The standard InChI is InChI=1S/C24H31FN4O5.C24H29FN4O4/c1-24(2,25)12-18(23(33)28-16(21(26)31)10-13-6-4-8-19(13)30)29-22(32)17-11-14-15(27-17)7-5-9-20(14)34-3;1-24(2,25)12-19(23(32)27-15(13-26)10-14-6-4-8-20(14)30)29-22(31)18-11-16-17(28-18)7-5-9-21(16)33-3/h5,7,9,11,13,16,18,27H,4,6,8,10,12H2,1-3H3,(H2,26,31)(H,28,33)(H,29,32);5,7,9,11,14-15,19,28H,4,6,8,10,12H2,1-3H3,(H,27,32)(H,29,31)/t13-,16-,18-;14-,15-,19-/m00/s1. The number of fused-ring (bicyclic) bond motifs is 2. The van der Waals surface area contributed by atoms with E-state index in [9.17, 15) is 47.6 Å². The third kappa shape index (κ3) is 14.1. The lowest BCUT2D eigenvalue weighted by Gasteiger charge is -2.26. The monoisotopic (exact) mass is 930 g/mol. The number of aromatic nitrogens is 2.